The van der Waals surface area contributed by atoms with Gasteiger partial charge in [0.25, 0.3) is 0 Å². The van der Waals surface area contributed by atoms with E-state index in [2.05, 4.69) is 42.3 Å². The van der Waals surface area contributed by atoms with Gasteiger partial charge in [-0.25, -0.2) is 0 Å². The first-order chi connectivity index (χ1) is 10.3. The third-order valence-corrected chi connectivity index (χ3v) is 5.35. The molecule has 2 unspecified atom stereocenters. The molecule has 2 heterocycles. The minimum atomic E-state index is 0.671. The van der Waals surface area contributed by atoms with Crippen molar-refractivity contribution >= 4 is 5.69 Å². The zero-order valence-electron chi connectivity index (χ0n) is 13.7. The molecule has 2 aliphatic rings. The van der Waals surface area contributed by atoms with Crippen LogP contribution in [0.15, 0.2) is 18.2 Å². The Bertz CT molecular complexity index is 469. The van der Waals surface area contributed by atoms with Crippen LogP contribution in [-0.4, -0.2) is 30.1 Å². The molecule has 3 rings (SSSR count). The van der Waals surface area contributed by atoms with Crippen molar-refractivity contribution < 1.29 is 0 Å². The molecule has 1 N–H and O–H groups in total. The zero-order chi connectivity index (χ0) is 14.7. The molecule has 0 aliphatic carbocycles. The fraction of sp³-hybridized carbons (Fsp3) is 0.684. The summed E-state index contributed by atoms with van der Waals surface area (Å²) in [6, 6.07) is 8.56. The fourth-order valence-corrected chi connectivity index (χ4v) is 4.16. The summed E-state index contributed by atoms with van der Waals surface area (Å²) in [6.07, 6.45) is 9.22. The van der Waals surface area contributed by atoms with E-state index in [1.165, 1.54) is 68.3 Å². The van der Waals surface area contributed by atoms with Crippen molar-refractivity contribution in [1.82, 2.24) is 4.90 Å². The maximum atomic E-state index is 3.51. The minimum absolute atomic E-state index is 0.671. The van der Waals surface area contributed by atoms with Crippen molar-refractivity contribution in [1.29, 1.82) is 0 Å². The summed E-state index contributed by atoms with van der Waals surface area (Å²) in [4.78, 5) is 2.77. The smallest absolute Gasteiger partial charge is 0.0372 e. The second kappa shape index (κ2) is 6.83. The number of anilines is 1. The van der Waals surface area contributed by atoms with Crippen molar-refractivity contribution in [3.8, 4) is 0 Å². The van der Waals surface area contributed by atoms with Crippen molar-refractivity contribution in [2.75, 3.05) is 18.4 Å². The maximum Gasteiger partial charge on any atom is 0.0372 e. The molecule has 1 saturated heterocycles. The second-order valence-corrected chi connectivity index (χ2v) is 6.87. The van der Waals surface area contributed by atoms with Gasteiger partial charge in [-0.3, -0.25) is 4.90 Å². The predicted octanol–water partition coefficient (Wildman–Crippen LogP) is 4.24. The molecule has 1 aromatic rings. The molecule has 21 heavy (non-hydrogen) atoms. The number of hydrogen-bond donors (Lipinski definition) is 1. The van der Waals surface area contributed by atoms with E-state index in [1.807, 2.05) is 0 Å². The summed E-state index contributed by atoms with van der Waals surface area (Å²) >= 11 is 0. The molecular weight excluding hydrogens is 256 g/mol. The van der Waals surface area contributed by atoms with Gasteiger partial charge in [0.15, 0.2) is 0 Å². The van der Waals surface area contributed by atoms with Crippen LogP contribution in [0.5, 0.6) is 0 Å². The van der Waals surface area contributed by atoms with Gasteiger partial charge < -0.3 is 5.32 Å². The predicted molar refractivity (Wildman–Crippen MR) is 91.1 cm³/mol. The number of nitrogens with zero attached hydrogens (tertiary/aromatic N) is 1. The lowest BCUT2D eigenvalue weighted by atomic mass is 9.94. The highest BCUT2D eigenvalue weighted by Gasteiger charge is 2.25. The first-order valence-corrected chi connectivity index (χ1v) is 8.89. The number of likely N-dealkylation sites (tertiary alicyclic amines) is 1. The lowest BCUT2D eigenvalue weighted by Crippen LogP contribution is -2.45. The fourth-order valence-electron chi connectivity index (χ4n) is 4.16. The van der Waals surface area contributed by atoms with Gasteiger partial charge in [0, 0.05) is 24.3 Å². The average molecular weight is 286 g/mol. The molecule has 0 radical (unpaired) electrons. The van der Waals surface area contributed by atoms with Crippen LogP contribution in [0.2, 0.25) is 0 Å². The second-order valence-electron chi connectivity index (χ2n) is 6.87. The van der Waals surface area contributed by atoms with Gasteiger partial charge in [-0.05, 0) is 69.2 Å². The molecule has 1 fully saturated rings. The Kier molecular flexibility index (Phi) is 4.84. The normalized spacial score (nSPS) is 24.2. The molecular formula is C19H30N2. The van der Waals surface area contributed by atoms with Gasteiger partial charge in [0.1, 0.15) is 0 Å². The quantitative estimate of drug-likeness (QED) is 0.890. The largest absolute Gasteiger partial charge is 0.385 e. The van der Waals surface area contributed by atoms with Crippen molar-refractivity contribution in [3.63, 3.8) is 0 Å². The SMILES string of the molecule is CCC1CCCCN1C(C)Cc1ccc2c(c1)CCCN2. The summed E-state index contributed by atoms with van der Waals surface area (Å²) in [7, 11) is 0. The van der Waals surface area contributed by atoms with Crippen LogP contribution in [0, 0.1) is 0 Å². The standard InChI is InChI=1S/C19H30N2/c1-3-18-8-4-5-12-21(18)15(2)13-16-9-10-19-17(14-16)7-6-11-20-19/h9-10,14-15,18,20H,3-8,11-13H2,1-2H3. The highest BCUT2D eigenvalue weighted by molar-refractivity contribution is 5.54. The molecule has 0 saturated carbocycles. The molecule has 0 spiro atoms. The third-order valence-electron chi connectivity index (χ3n) is 5.35. The highest BCUT2D eigenvalue weighted by Crippen LogP contribution is 2.26. The van der Waals surface area contributed by atoms with Crippen LogP contribution in [0.3, 0.4) is 0 Å². The summed E-state index contributed by atoms with van der Waals surface area (Å²) < 4.78 is 0. The summed E-state index contributed by atoms with van der Waals surface area (Å²) in [5, 5.41) is 3.51. The summed E-state index contributed by atoms with van der Waals surface area (Å²) in [5.41, 5.74) is 4.41. The Morgan fingerprint density at radius 2 is 2.19 bits per heavy atom. The monoisotopic (exact) mass is 286 g/mol. The van der Waals surface area contributed by atoms with Crippen LogP contribution in [-0.2, 0) is 12.8 Å². The number of fused-ring (bicyclic) bond motifs is 1. The zero-order valence-corrected chi connectivity index (χ0v) is 13.7. The molecule has 2 aliphatic heterocycles. The van der Waals surface area contributed by atoms with Gasteiger partial charge in [-0.2, -0.15) is 0 Å². The number of aryl methyl sites for hydroxylation is 1. The minimum Gasteiger partial charge on any atom is -0.385 e. The molecule has 0 aromatic heterocycles. The molecule has 116 valence electrons. The number of hydrogen-bond acceptors (Lipinski definition) is 2. The Morgan fingerprint density at radius 3 is 3.05 bits per heavy atom. The molecule has 2 nitrogen and oxygen atoms in total. The molecule has 0 amide bonds. The summed E-state index contributed by atoms with van der Waals surface area (Å²) in [6.45, 7) is 7.20. The van der Waals surface area contributed by atoms with E-state index in [1.54, 1.807) is 0 Å². The highest BCUT2D eigenvalue weighted by atomic mass is 15.2. The molecule has 0 bridgehead atoms. The lowest BCUT2D eigenvalue weighted by Gasteiger charge is -2.39. The molecule has 2 heteroatoms. The number of nitrogens with one attached hydrogen (secondary N) is 1. The number of rotatable bonds is 4. The van der Waals surface area contributed by atoms with E-state index < -0.39 is 0 Å². The Hall–Kier alpha value is -1.02. The van der Waals surface area contributed by atoms with E-state index in [4.69, 9.17) is 0 Å². The topological polar surface area (TPSA) is 15.3 Å². The first-order valence-electron chi connectivity index (χ1n) is 8.89. The van der Waals surface area contributed by atoms with Crippen LogP contribution in [0.25, 0.3) is 0 Å². The van der Waals surface area contributed by atoms with Crippen molar-refractivity contribution in [3.05, 3.63) is 29.3 Å². The van der Waals surface area contributed by atoms with Gasteiger partial charge in [0.2, 0.25) is 0 Å². The van der Waals surface area contributed by atoms with Crippen molar-refractivity contribution in [2.24, 2.45) is 0 Å². The Labute approximate surface area is 129 Å². The van der Waals surface area contributed by atoms with Crippen LogP contribution in [0.1, 0.15) is 57.1 Å². The van der Waals surface area contributed by atoms with Crippen LogP contribution in [0.4, 0.5) is 5.69 Å². The van der Waals surface area contributed by atoms with Crippen LogP contribution >= 0.6 is 0 Å². The van der Waals surface area contributed by atoms with Gasteiger partial charge in [-0.1, -0.05) is 25.5 Å². The van der Waals surface area contributed by atoms with Crippen LogP contribution < -0.4 is 5.32 Å². The Balaban J connectivity index is 1.67. The van der Waals surface area contributed by atoms with E-state index in [0.29, 0.717) is 6.04 Å². The van der Waals surface area contributed by atoms with Gasteiger partial charge in [-0.15, -0.1) is 0 Å². The van der Waals surface area contributed by atoms with E-state index >= 15 is 0 Å². The van der Waals surface area contributed by atoms with E-state index in [-0.39, 0.29) is 0 Å². The van der Waals surface area contributed by atoms with Gasteiger partial charge >= 0.3 is 0 Å². The van der Waals surface area contributed by atoms with Gasteiger partial charge in [0.05, 0.1) is 0 Å². The molecule has 2 atom stereocenters. The third kappa shape index (κ3) is 3.42. The van der Waals surface area contributed by atoms with Crippen molar-refractivity contribution in [2.45, 2.75) is 70.9 Å². The van der Waals surface area contributed by atoms with E-state index in [9.17, 15) is 0 Å². The molecule has 1 aromatic carbocycles. The van der Waals surface area contributed by atoms with E-state index in [0.717, 1.165) is 12.6 Å². The first kappa shape index (κ1) is 14.9. The maximum absolute atomic E-state index is 3.51. The average Bonchev–Trinajstić information content (AvgIpc) is 2.54. The summed E-state index contributed by atoms with van der Waals surface area (Å²) in [5.74, 6) is 0. The number of benzene rings is 1. The Morgan fingerprint density at radius 1 is 1.29 bits per heavy atom. The lowest BCUT2D eigenvalue weighted by molar-refractivity contribution is 0.0999. The number of piperidine rings is 1.